The molecule has 3 N–H and O–H groups in total. The second-order valence-electron chi connectivity index (χ2n) is 6.82. The summed E-state index contributed by atoms with van der Waals surface area (Å²) in [5.74, 6) is 0.177. The van der Waals surface area contributed by atoms with E-state index in [2.05, 4.69) is 44.2 Å². The van der Waals surface area contributed by atoms with Gasteiger partial charge in [-0.25, -0.2) is 0 Å². The van der Waals surface area contributed by atoms with Crippen molar-refractivity contribution >= 4 is 17.3 Å². The van der Waals surface area contributed by atoms with Crippen molar-refractivity contribution in [2.75, 3.05) is 5.73 Å². The minimum atomic E-state index is -0.0883. The Morgan fingerprint density at radius 1 is 0.833 bits per heavy atom. The van der Waals surface area contributed by atoms with E-state index in [4.69, 9.17) is 17.3 Å². The van der Waals surface area contributed by atoms with Crippen molar-refractivity contribution in [2.45, 2.75) is 19.3 Å². The Hall–Kier alpha value is -2.45. The highest BCUT2D eigenvalue weighted by Gasteiger charge is 2.35. The van der Waals surface area contributed by atoms with Crippen molar-refractivity contribution in [1.82, 2.24) is 0 Å². The molecule has 0 saturated heterocycles. The van der Waals surface area contributed by atoms with Crippen molar-refractivity contribution in [3.8, 4) is 28.0 Å². The summed E-state index contributed by atoms with van der Waals surface area (Å²) in [5.41, 5.74) is 13.3. The average molecular weight is 336 g/mol. The predicted octanol–water partition coefficient (Wildman–Crippen LogP) is 5.60. The fraction of sp³-hybridized carbons (Fsp3) is 0.143. The maximum Gasteiger partial charge on any atom is 0.123 e. The number of nitrogen functional groups attached to an aromatic ring is 1. The van der Waals surface area contributed by atoms with Crippen LogP contribution in [0.25, 0.3) is 22.3 Å². The molecule has 1 aliphatic carbocycles. The van der Waals surface area contributed by atoms with Crippen LogP contribution in [-0.2, 0) is 5.41 Å². The number of rotatable bonds is 1. The van der Waals surface area contributed by atoms with Crippen molar-refractivity contribution in [3.63, 3.8) is 0 Å². The van der Waals surface area contributed by atoms with E-state index in [0.29, 0.717) is 16.3 Å². The first kappa shape index (κ1) is 15.1. The Morgan fingerprint density at radius 3 is 2.38 bits per heavy atom. The van der Waals surface area contributed by atoms with Crippen LogP contribution in [0.15, 0.2) is 54.6 Å². The zero-order valence-electron chi connectivity index (χ0n) is 13.6. The van der Waals surface area contributed by atoms with E-state index >= 15 is 0 Å². The first-order chi connectivity index (χ1) is 11.4. The van der Waals surface area contributed by atoms with Crippen LogP contribution in [0, 0.1) is 0 Å². The van der Waals surface area contributed by atoms with Crippen LogP contribution in [0.4, 0.5) is 5.69 Å². The quantitative estimate of drug-likeness (QED) is 0.568. The van der Waals surface area contributed by atoms with Gasteiger partial charge in [-0.1, -0.05) is 49.7 Å². The first-order valence-electron chi connectivity index (χ1n) is 7.92. The number of fused-ring (bicyclic) bond motifs is 3. The molecule has 0 heterocycles. The van der Waals surface area contributed by atoms with Crippen LogP contribution in [-0.4, -0.2) is 5.11 Å². The van der Waals surface area contributed by atoms with Gasteiger partial charge in [0.2, 0.25) is 0 Å². The van der Waals surface area contributed by atoms with Gasteiger partial charge in [0, 0.05) is 27.3 Å². The molecule has 0 fully saturated rings. The molecule has 0 saturated carbocycles. The molecule has 2 nitrogen and oxygen atoms in total. The predicted molar refractivity (Wildman–Crippen MR) is 101 cm³/mol. The molecular weight excluding hydrogens is 318 g/mol. The number of hydrogen-bond acceptors (Lipinski definition) is 2. The summed E-state index contributed by atoms with van der Waals surface area (Å²) in [6, 6.07) is 17.6. The average Bonchev–Trinajstić information content (AvgIpc) is 2.77. The molecule has 0 amide bonds. The van der Waals surface area contributed by atoms with Gasteiger partial charge in [0.15, 0.2) is 0 Å². The molecule has 0 unspecified atom stereocenters. The number of hydrogen-bond donors (Lipinski definition) is 2. The number of halogens is 1. The van der Waals surface area contributed by atoms with Crippen molar-refractivity contribution < 1.29 is 5.11 Å². The third kappa shape index (κ3) is 2.03. The summed E-state index contributed by atoms with van der Waals surface area (Å²) in [6.07, 6.45) is 0. The molecule has 120 valence electrons. The standard InChI is InChI=1S/C21H18ClNO/c1-21(2)17-6-4-3-5-13(17)14-10-15(19(23)11-18(14)21)16-9-12(22)7-8-20(16)24/h3-11,24H,23H2,1-2H3. The van der Waals surface area contributed by atoms with Crippen LogP contribution in [0.1, 0.15) is 25.0 Å². The second kappa shape index (κ2) is 5.02. The fourth-order valence-corrected chi connectivity index (χ4v) is 3.89. The Labute approximate surface area is 146 Å². The van der Waals surface area contributed by atoms with E-state index in [9.17, 15) is 5.11 Å². The van der Waals surface area contributed by atoms with Gasteiger partial charge >= 0.3 is 0 Å². The summed E-state index contributed by atoms with van der Waals surface area (Å²) >= 11 is 6.11. The van der Waals surface area contributed by atoms with E-state index in [1.165, 1.54) is 22.3 Å². The monoisotopic (exact) mass is 335 g/mol. The minimum absolute atomic E-state index is 0.0883. The maximum absolute atomic E-state index is 10.2. The van der Waals surface area contributed by atoms with Crippen LogP contribution >= 0.6 is 11.6 Å². The highest BCUT2D eigenvalue weighted by Crippen LogP contribution is 2.51. The largest absolute Gasteiger partial charge is 0.507 e. The van der Waals surface area contributed by atoms with Gasteiger partial charge in [0.1, 0.15) is 5.75 Å². The number of phenolic OH excluding ortho intramolecular Hbond substituents is 1. The lowest BCUT2D eigenvalue weighted by atomic mass is 9.82. The lowest BCUT2D eigenvalue weighted by molar-refractivity contribution is 0.477. The number of anilines is 1. The number of benzene rings is 3. The Balaban J connectivity index is 2.02. The molecule has 3 aromatic carbocycles. The first-order valence-corrected chi connectivity index (χ1v) is 8.30. The van der Waals surface area contributed by atoms with Gasteiger partial charge in [-0.05, 0) is 52.6 Å². The molecule has 4 rings (SSSR count). The molecule has 0 spiro atoms. The molecule has 24 heavy (non-hydrogen) atoms. The smallest absolute Gasteiger partial charge is 0.123 e. The maximum atomic E-state index is 10.2. The van der Waals surface area contributed by atoms with Gasteiger partial charge in [-0.2, -0.15) is 0 Å². The molecule has 0 radical (unpaired) electrons. The summed E-state index contributed by atoms with van der Waals surface area (Å²) in [6.45, 7) is 4.43. The van der Waals surface area contributed by atoms with E-state index in [-0.39, 0.29) is 11.2 Å². The normalized spacial score (nSPS) is 14.3. The third-order valence-corrected chi connectivity index (χ3v) is 5.24. The van der Waals surface area contributed by atoms with Gasteiger partial charge in [-0.3, -0.25) is 0 Å². The Bertz CT molecular complexity index is 976. The van der Waals surface area contributed by atoms with Crippen LogP contribution in [0.3, 0.4) is 0 Å². The zero-order chi connectivity index (χ0) is 17.1. The second-order valence-corrected chi connectivity index (χ2v) is 7.25. The summed E-state index contributed by atoms with van der Waals surface area (Å²) in [4.78, 5) is 0. The molecule has 0 bridgehead atoms. The number of nitrogens with two attached hydrogens (primary N) is 1. The summed E-state index contributed by atoms with van der Waals surface area (Å²) in [5, 5.41) is 10.8. The molecule has 0 aliphatic heterocycles. The highest BCUT2D eigenvalue weighted by molar-refractivity contribution is 6.31. The molecule has 0 aromatic heterocycles. The SMILES string of the molecule is CC1(C)c2ccccc2-c2cc(-c3cc(Cl)ccc3O)c(N)cc21. The Kier molecular flexibility index (Phi) is 3.16. The lowest BCUT2D eigenvalue weighted by Gasteiger charge is -2.22. The molecule has 1 aliphatic rings. The number of aromatic hydroxyl groups is 1. The van der Waals surface area contributed by atoms with Gasteiger partial charge in [0.25, 0.3) is 0 Å². The van der Waals surface area contributed by atoms with Crippen LogP contribution in [0.2, 0.25) is 5.02 Å². The van der Waals surface area contributed by atoms with E-state index < -0.39 is 0 Å². The van der Waals surface area contributed by atoms with Crippen LogP contribution < -0.4 is 5.73 Å². The van der Waals surface area contributed by atoms with Gasteiger partial charge in [-0.15, -0.1) is 0 Å². The molecule has 0 atom stereocenters. The van der Waals surface area contributed by atoms with Gasteiger partial charge in [0.05, 0.1) is 0 Å². The highest BCUT2D eigenvalue weighted by atomic mass is 35.5. The van der Waals surface area contributed by atoms with Crippen molar-refractivity contribution in [3.05, 3.63) is 70.7 Å². The zero-order valence-corrected chi connectivity index (χ0v) is 14.4. The molecular formula is C21H18ClNO. The van der Waals surface area contributed by atoms with Crippen molar-refractivity contribution in [1.29, 1.82) is 0 Å². The fourth-order valence-electron chi connectivity index (χ4n) is 3.72. The third-order valence-electron chi connectivity index (χ3n) is 5.00. The molecule has 3 aromatic rings. The number of phenols is 1. The topological polar surface area (TPSA) is 46.2 Å². The van der Waals surface area contributed by atoms with E-state index in [1.807, 2.05) is 6.07 Å². The van der Waals surface area contributed by atoms with Gasteiger partial charge < -0.3 is 10.8 Å². The lowest BCUT2D eigenvalue weighted by Crippen LogP contribution is -2.15. The van der Waals surface area contributed by atoms with Crippen molar-refractivity contribution in [2.24, 2.45) is 0 Å². The Morgan fingerprint density at radius 2 is 1.58 bits per heavy atom. The molecule has 3 heteroatoms. The van der Waals surface area contributed by atoms with E-state index in [1.54, 1.807) is 18.2 Å². The van der Waals surface area contributed by atoms with E-state index in [0.717, 1.165) is 5.56 Å². The summed E-state index contributed by atoms with van der Waals surface area (Å²) in [7, 11) is 0. The van der Waals surface area contributed by atoms with Crippen LogP contribution in [0.5, 0.6) is 5.75 Å². The summed E-state index contributed by atoms with van der Waals surface area (Å²) < 4.78 is 0. The minimum Gasteiger partial charge on any atom is -0.507 e.